The van der Waals surface area contributed by atoms with E-state index in [1.54, 1.807) is 14.2 Å². The Bertz CT molecular complexity index is 593. The average molecular weight is 289 g/mol. The number of aryl methyl sites for hydroxylation is 1. The summed E-state index contributed by atoms with van der Waals surface area (Å²) in [5.74, 6) is 2.41. The summed E-state index contributed by atoms with van der Waals surface area (Å²) in [4.78, 5) is 4.50. The Kier molecular flexibility index (Phi) is 5.22. The van der Waals surface area contributed by atoms with E-state index in [1.807, 2.05) is 24.5 Å². The van der Waals surface area contributed by atoms with Crippen LogP contribution in [0.2, 0.25) is 0 Å². The summed E-state index contributed by atoms with van der Waals surface area (Å²) in [6.07, 6.45) is 3.82. The van der Waals surface area contributed by atoms with Crippen molar-refractivity contribution in [1.82, 2.24) is 14.9 Å². The van der Waals surface area contributed by atoms with Crippen LogP contribution in [0.25, 0.3) is 11.4 Å². The van der Waals surface area contributed by atoms with Crippen LogP contribution in [0.1, 0.15) is 19.4 Å². The third-order valence-electron chi connectivity index (χ3n) is 3.47. The largest absolute Gasteiger partial charge is 0.493 e. The highest BCUT2D eigenvalue weighted by atomic mass is 16.5. The Labute approximate surface area is 125 Å². The van der Waals surface area contributed by atoms with Gasteiger partial charge in [-0.25, -0.2) is 4.98 Å². The Balaban J connectivity index is 2.55. The molecule has 2 aromatic rings. The van der Waals surface area contributed by atoms with E-state index in [0.29, 0.717) is 0 Å². The molecule has 0 radical (unpaired) electrons. The van der Waals surface area contributed by atoms with Crippen LogP contribution in [0.15, 0.2) is 24.5 Å². The molecular weight excluding hydrogens is 266 g/mol. The molecule has 1 N–H and O–H groups in total. The molecule has 0 aliphatic rings. The molecular formula is C16H23N3O2. The van der Waals surface area contributed by atoms with E-state index >= 15 is 0 Å². The number of hydrogen-bond donors (Lipinski definition) is 1. The van der Waals surface area contributed by atoms with Gasteiger partial charge in [-0.2, -0.15) is 0 Å². The Morgan fingerprint density at radius 2 is 1.86 bits per heavy atom. The predicted molar refractivity (Wildman–Crippen MR) is 83.8 cm³/mol. The van der Waals surface area contributed by atoms with Gasteiger partial charge in [-0.3, -0.25) is 0 Å². The highest BCUT2D eigenvalue weighted by Crippen LogP contribution is 2.35. The second-order valence-corrected chi connectivity index (χ2v) is 4.68. The Morgan fingerprint density at radius 3 is 2.48 bits per heavy atom. The molecule has 1 aromatic carbocycles. The van der Waals surface area contributed by atoms with Crippen LogP contribution in [-0.2, 0) is 13.1 Å². The summed E-state index contributed by atoms with van der Waals surface area (Å²) in [7, 11) is 3.31. The van der Waals surface area contributed by atoms with Gasteiger partial charge in [-0.15, -0.1) is 0 Å². The lowest BCUT2D eigenvalue weighted by molar-refractivity contribution is 0.354. The zero-order valence-corrected chi connectivity index (χ0v) is 13.1. The SMILES string of the molecule is CCNCc1cc(OC)c(OC)cc1-c1nccn1CC. The maximum Gasteiger partial charge on any atom is 0.161 e. The number of aromatic nitrogens is 2. The van der Waals surface area contributed by atoms with Gasteiger partial charge >= 0.3 is 0 Å². The van der Waals surface area contributed by atoms with Crippen LogP contribution >= 0.6 is 0 Å². The van der Waals surface area contributed by atoms with Crippen molar-refractivity contribution in [3.05, 3.63) is 30.1 Å². The number of ether oxygens (including phenoxy) is 2. The van der Waals surface area contributed by atoms with E-state index in [1.165, 1.54) is 0 Å². The van der Waals surface area contributed by atoms with Gasteiger partial charge in [-0.05, 0) is 31.2 Å². The van der Waals surface area contributed by atoms with Crippen LogP contribution in [0.4, 0.5) is 0 Å². The summed E-state index contributed by atoms with van der Waals surface area (Å²) in [5.41, 5.74) is 2.22. The topological polar surface area (TPSA) is 48.3 Å². The van der Waals surface area contributed by atoms with Gasteiger partial charge in [0, 0.05) is 31.0 Å². The highest BCUT2D eigenvalue weighted by molar-refractivity contribution is 5.66. The normalized spacial score (nSPS) is 10.7. The molecule has 5 heteroatoms. The summed E-state index contributed by atoms with van der Waals surface area (Å²) in [6.45, 7) is 6.76. The van der Waals surface area contributed by atoms with Crippen molar-refractivity contribution in [2.45, 2.75) is 26.9 Å². The fourth-order valence-corrected chi connectivity index (χ4v) is 2.34. The third-order valence-corrected chi connectivity index (χ3v) is 3.47. The summed E-state index contributed by atoms with van der Waals surface area (Å²) in [5, 5.41) is 3.36. The molecule has 0 spiro atoms. The first kappa shape index (κ1) is 15.4. The monoisotopic (exact) mass is 289 g/mol. The zero-order valence-electron chi connectivity index (χ0n) is 13.1. The van der Waals surface area contributed by atoms with Gasteiger partial charge in [0.1, 0.15) is 5.82 Å². The molecule has 2 rings (SSSR count). The molecule has 1 heterocycles. The third kappa shape index (κ3) is 3.19. The van der Waals surface area contributed by atoms with Gasteiger partial charge in [0.2, 0.25) is 0 Å². The minimum absolute atomic E-state index is 0.721. The maximum absolute atomic E-state index is 5.43. The molecule has 1 aromatic heterocycles. The van der Waals surface area contributed by atoms with E-state index in [9.17, 15) is 0 Å². The molecule has 0 aliphatic heterocycles. The van der Waals surface area contributed by atoms with E-state index in [2.05, 4.69) is 28.7 Å². The molecule has 0 aliphatic carbocycles. The molecule has 0 saturated heterocycles. The smallest absolute Gasteiger partial charge is 0.161 e. The average Bonchev–Trinajstić information content (AvgIpc) is 3.00. The maximum atomic E-state index is 5.43. The number of rotatable bonds is 7. The number of methoxy groups -OCH3 is 2. The first-order valence-electron chi connectivity index (χ1n) is 7.22. The van der Waals surface area contributed by atoms with E-state index in [4.69, 9.17) is 9.47 Å². The fraction of sp³-hybridized carbons (Fsp3) is 0.438. The first-order chi connectivity index (χ1) is 10.2. The molecule has 114 valence electrons. The van der Waals surface area contributed by atoms with Crippen molar-refractivity contribution in [1.29, 1.82) is 0 Å². The molecule has 5 nitrogen and oxygen atoms in total. The lowest BCUT2D eigenvalue weighted by Gasteiger charge is -2.15. The number of hydrogen-bond acceptors (Lipinski definition) is 4. The van der Waals surface area contributed by atoms with Crippen molar-refractivity contribution in [2.75, 3.05) is 20.8 Å². The zero-order chi connectivity index (χ0) is 15.2. The van der Waals surface area contributed by atoms with Gasteiger partial charge in [0.15, 0.2) is 11.5 Å². The Hall–Kier alpha value is -2.01. The fourth-order valence-electron chi connectivity index (χ4n) is 2.34. The van der Waals surface area contributed by atoms with Crippen molar-refractivity contribution in [2.24, 2.45) is 0 Å². The molecule has 0 atom stereocenters. The highest BCUT2D eigenvalue weighted by Gasteiger charge is 2.15. The van der Waals surface area contributed by atoms with Crippen LogP contribution < -0.4 is 14.8 Å². The minimum atomic E-state index is 0.721. The van der Waals surface area contributed by atoms with Crippen LogP contribution in [-0.4, -0.2) is 30.3 Å². The number of nitrogens with one attached hydrogen (secondary N) is 1. The molecule has 0 bridgehead atoms. The van der Waals surface area contributed by atoms with Gasteiger partial charge < -0.3 is 19.4 Å². The van der Waals surface area contributed by atoms with Crippen molar-refractivity contribution < 1.29 is 9.47 Å². The molecule has 0 amide bonds. The lowest BCUT2D eigenvalue weighted by atomic mass is 10.0. The van der Waals surface area contributed by atoms with Crippen molar-refractivity contribution in [3.63, 3.8) is 0 Å². The minimum Gasteiger partial charge on any atom is -0.493 e. The lowest BCUT2D eigenvalue weighted by Crippen LogP contribution is -2.13. The summed E-state index contributed by atoms with van der Waals surface area (Å²) >= 11 is 0. The molecule has 21 heavy (non-hydrogen) atoms. The first-order valence-corrected chi connectivity index (χ1v) is 7.22. The molecule has 0 unspecified atom stereocenters. The molecule has 0 saturated carbocycles. The van der Waals surface area contributed by atoms with Gasteiger partial charge in [0.05, 0.1) is 14.2 Å². The Morgan fingerprint density at radius 1 is 1.14 bits per heavy atom. The summed E-state index contributed by atoms with van der Waals surface area (Å²) in [6, 6.07) is 4.02. The van der Waals surface area contributed by atoms with Crippen LogP contribution in [0, 0.1) is 0 Å². The van der Waals surface area contributed by atoms with Crippen molar-refractivity contribution in [3.8, 4) is 22.9 Å². The van der Waals surface area contributed by atoms with E-state index in [0.717, 1.165) is 48.1 Å². The van der Waals surface area contributed by atoms with Crippen molar-refractivity contribution >= 4 is 0 Å². The van der Waals surface area contributed by atoms with Crippen LogP contribution in [0.5, 0.6) is 11.5 Å². The number of nitrogens with zero attached hydrogens (tertiary/aromatic N) is 2. The number of imidazole rings is 1. The second kappa shape index (κ2) is 7.13. The molecule has 0 fully saturated rings. The standard InChI is InChI=1S/C16H23N3O2/c1-5-17-11-12-9-14(20-3)15(21-4)10-13(12)16-18-7-8-19(16)6-2/h7-10,17H,5-6,11H2,1-4H3. The van der Waals surface area contributed by atoms with E-state index < -0.39 is 0 Å². The number of benzene rings is 1. The van der Waals surface area contributed by atoms with E-state index in [-0.39, 0.29) is 0 Å². The second-order valence-electron chi connectivity index (χ2n) is 4.68. The van der Waals surface area contributed by atoms with Gasteiger partial charge in [-0.1, -0.05) is 6.92 Å². The summed E-state index contributed by atoms with van der Waals surface area (Å²) < 4.78 is 13.0. The van der Waals surface area contributed by atoms with Gasteiger partial charge in [0.25, 0.3) is 0 Å². The quantitative estimate of drug-likeness (QED) is 0.851. The predicted octanol–water partition coefficient (Wildman–Crippen LogP) is 2.70. The van der Waals surface area contributed by atoms with Crippen LogP contribution in [0.3, 0.4) is 0 Å².